The number of hydrazone groups is 1. The van der Waals surface area contributed by atoms with Crippen molar-refractivity contribution < 1.29 is 4.79 Å². The molecule has 1 saturated carbocycles. The Morgan fingerprint density at radius 2 is 2.05 bits per heavy atom. The average molecular weight is 270 g/mol. The summed E-state index contributed by atoms with van der Waals surface area (Å²) < 4.78 is 1.83. The smallest absolute Gasteiger partial charge is 0.290 e. The molecule has 1 N–H and O–H groups in total. The number of hydrogen-bond acceptors (Lipinski definition) is 3. The minimum Gasteiger partial charge on any atom is -0.295 e. The van der Waals surface area contributed by atoms with Gasteiger partial charge in [0.1, 0.15) is 11.3 Å². The predicted octanol–water partition coefficient (Wildman–Crippen LogP) is 2.61. The molecule has 104 valence electrons. The Morgan fingerprint density at radius 1 is 1.30 bits per heavy atom. The summed E-state index contributed by atoms with van der Waals surface area (Å²) in [5.74, 6) is -0.194. The zero-order valence-corrected chi connectivity index (χ0v) is 11.8. The molecule has 3 rings (SSSR count). The van der Waals surface area contributed by atoms with Crippen LogP contribution in [0, 0.1) is 13.8 Å². The first kappa shape index (κ1) is 12.8. The highest BCUT2D eigenvalue weighted by Gasteiger charge is 2.17. The maximum Gasteiger partial charge on any atom is 0.290 e. The average Bonchev–Trinajstić information content (AvgIpc) is 3.02. The largest absolute Gasteiger partial charge is 0.295 e. The van der Waals surface area contributed by atoms with E-state index in [4.69, 9.17) is 0 Å². The third-order valence-electron chi connectivity index (χ3n) is 3.65. The van der Waals surface area contributed by atoms with Crippen LogP contribution in [-0.2, 0) is 0 Å². The fraction of sp³-hybridized carbons (Fsp3) is 0.400. The van der Waals surface area contributed by atoms with E-state index in [0.717, 1.165) is 35.5 Å². The quantitative estimate of drug-likeness (QED) is 0.853. The lowest BCUT2D eigenvalue weighted by Crippen LogP contribution is -2.21. The Morgan fingerprint density at radius 3 is 2.80 bits per heavy atom. The van der Waals surface area contributed by atoms with Crippen LogP contribution < -0.4 is 5.43 Å². The Hall–Kier alpha value is -2.17. The summed E-state index contributed by atoms with van der Waals surface area (Å²) in [7, 11) is 0. The van der Waals surface area contributed by atoms with E-state index in [1.54, 1.807) is 0 Å². The number of fused-ring (bicyclic) bond motifs is 1. The maximum atomic E-state index is 12.3. The van der Waals surface area contributed by atoms with Crippen molar-refractivity contribution in [2.24, 2.45) is 5.10 Å². The molecule has 5 heteroatoms. The molecule has 20 heavy (non-hydrogen) atoms. The molecule has 0 aromatic carbocycles. The number of imidazole rings is 1. The number of rotatable bonds is 2. The first-order valence-corrected chi connectivity index (χ1v) is 6.96. The molecule has 2 aromatic rings. The van der Waals surface area contributed by atoms with Crippen molar-refractivity contribution in [3.63, 3.8) is 0 Å². The number of pyridine rings is 1. The van der Waals surface area contributed by atoms with Crippen molar-refractivity contribution in [2.75, 3.05) is 0 Å². The van der Waals surface area contributed by atoms with Gasteiger partial charge in [0, 0.05) is 11.9 Å². The summed E-state index contributed by atoms with van der Waals surface area (Å²) in [5.41, 5.74) is 6.91. The van der Waals surface area contributed by atoms with Crippen LogP contribution >= 0.6 is 0 Å². The van der Waals surface area contributed by atoms with Gasteiger partial charge in [-0.1, -0.05) is 6.07 Å². The zero-order valence-electron chi connectivity index (χ0n) is 11.8. The lowest BCUT2D eigenvalue weighted by atomic mass is 10.3. The van der Waals surface area contributed by atoms with Crippen molar-refractivity contribution >= 4 is 17.3 Å². The summed E-state index contributed by atoms with van der Waals surface area (Å²) >= 11 is 0. The van der Waals surface area contributed by atoms with E-state index in [0.29, 0.717) is 5.69 Å². The van der Waals surface area contributed by atoms with Crippen molar-refractivity contribution in [3.8, 4) is 0 Å². The molecule has 1 amide bonds. The first-order valence-electron chi connectivity index (χ1n) is 6.96. The standard InChI is InChI=1S/C15H18N4O/c1-10-7-8-13-16-11(2)14(19(13)9-10)15(20)18-17-12-5-3-4-6-12/h7-9H,3-6H2,1-2H3,(H,18,20). The van der Waals surface area contributed by atoms with Crippen molar-refractivity contribution in [2.45, 2.75) is 39.5 Å². The van der Waals surface area contributed by atoms with Gasteiger partial charge in [-0.3, -0.25) is 9.20 Å². The number of carbonyl (C=O) groups excluding carboxylic acids is 1. The normalized spacial score (nSPS) is 14.8. The van der Waals surface area contributed by atoms with E-state index >= 15 is 0 Å². The second-order valence-corrected chi connectivity index (χ2v) is 5.31. The molecule has 0 saturated heterocycles. The van der Waals surface area contributed by atoms with Crippen LogP contribution in [0.25, 0.3) is 5.65 Å². The molecule has 0 atom stereocenters. The fourth-order valence-electron chi connectivity index (χ4n) is 2.62. The van der Waals surface area contributed by atoms with Gasteiger partial charge >= 0.3 is 0 Å². The van der Waals surface area contributed by atoms with E-state index in [1.165, 1.54) is 12.8 Å². The molecular weight excluding hydrogens is 252 g/mol. The molecule has 5 nitrogen and oxygen atoms in total. The molecule has 0 spiro atoms. The van der Waals surface area contributed by atoms with Crippen LogP contribution in [-0.4, -0.2) is 21.0 Å². The highest BCUT2D eigenvalue weighted by molar-refractivity contribution is 5.96. The summed E-state index contributed by atoms with van der Waals surface area (Å²) in [6.45, 7) is 3.84. The number of carbonyl (C=O) groups is 1. The zero-order chi connectivity index (χ0) is 14.1. The summed E-state index contributed by atoms with van der Waals surface area (Å²) in [6.07, 6.45) is 6.25. The van der Waals surface area contributed by atoms with Crippen LogP contribution in [0.15, 0.2) is 23.4 Å². The highest BCUT2D eigenvalue weighted by Crippen LogP contribution is 2.15. The van der Waals surface area contributed by atoms with Gasteiger partial charge < -0.3 is 0 Å². The second-order valence-electron chi connectivity index (χ2n) is 5.31. The van der Waals surface area contributed by atoms with Crippen molar-refractivity contribution in [3.05, 3.63) is 35.3 Å². The van der Waals surface area contributed by atoms with Gasteiger partial charge in [0.2, 0.25) is 0 Å². The van der Waals surface area contributed by atoms with Crippen molar-refractivity contribution in [1.29, 1.82) is 0 Å². The van der Waals surface area contributed by atoms with E-state index in [9.17, 15) is 4.79 Å². The maximum absolute atomic E-state index is 12.3. The first-order chi connectivity index (χ1) is 9.65. The minimum atomic E-state index is -0.194. The van der Waals surface area contributed by atoms with Crippen molar-refractivity contribution in [1.82, 2.24) is 14.8 Å². The lowest BCUT2D eigenvalue weighted by molar-refractivity contribution is 0.0948. The molecule has 2 heterocycles. The third kappa shape index (κ3) is 2.31. The van der Waals surface area contributed by atoms with E-state index < -0.39 is 0 Å². The van der Waals surface area contributed by atoms with Gasteiger partial charge in [-0.05, 0) is 51.2 Å². The molecule has 1 fully saturated rings. The Balaban J connectivity index is 1.92. The van der Waals surface area contributed by atoms with Gasteiger partial charge in [0.15, 0.2) is 0 Å². The fourth-order valence-corrected chi connectivity index (χ4v) is 2.62. The number of aryl methyl sites for hydroxylation is 2. The SMILES string of the molecule is Cc1ccc2nc(C)c(C(=O)NN=C3CCCC3)n2c1. The van der Waals surface area contributed by atoms with Gasteiger partial charge in [-0.15, -0.1) is 0 Å². The van der Waals surface area contributed by atoms with Crippen LogP contribution in [0.2, 0.25) is 0 Å². The third-order valence-corrected chi connectivity index (χ3v) is 3.65. The Bertz CT molecular complexity index is 691. The molecule has 0 bridgehead atoms. The van der Waals surface area contributed by atoms with E-state index in [1.807, 2.05) is 36.6 Å². The van der Waals surface area contributed by atoms with Gasteiger partial charge in [-0.25, -0.2) is 10.4 Å². The van der Waals surface area contributed by atoms with Gasteiger partial charge in [0.25, 0.3) is 5.91 Å². The number of nitrogens with zero attached hydrogens (tertiary/aromatic N) is 3. The molecular formula is C15H18N4O. The summed E-state index contributed by atoms with van der Waals surface area (Å²) in [5, 5.41) is 4.23. The Kier molecular flexibility index (Phi) is 3.26. The predicted molar refractivity (Wildman–Crippen MR) is 78.0 cm³/mol. The minimum absolute atomic E-state index is 0.194. The molecule has 0 aliphatic heterocycles. The number of aromatic nitrogens is 2. The van der Waals surface area contributed by atoms with E-state index in [2.05, 4.69) is 15.5 Å². The van der Waals surface area contributed by atoms with E-state index in [-0.39, 0.29) is 5.91 Å². The number of nitrogens with one attached hydrogen (secondary N) is 1. The molecule has 1 aliphatic rings. The highest BCUT2D eigenvalue weighted by atomic mass is 16.2. The number of amides is 1. The number of hydrogen-bond donors (Lipinski definition) is 1. The Labute approximate surface area is 117 Å². The molecule has 0 radical (unpaired) electrons. The van der Waals surface area contributed by atoms with Crippen LogP contribution in [0.5, 0.6) is 0 Å². The van der Waals surface area contributed by atoms with Gasteiger partial charge in [-0.2, -0.15) is 5.10 Å². The molecule has 2 aromatic heterocycles. The van der Waals surface area contributed by atoms with Crippen LogP contribution in [0.4, 0.5) is 0 Å². The molecule has 1 aliphatic carbocycles. The summed E-state index contributed by atoms with van der Waals surface area (Å²) in [6, 6.07) is 3.91. The topological polar surface area (TPSA) is 58.8 Å². The lowest BCUT2D eigenvalue weighted by Gasteiger charge is -2.03. The van der Waals surface area contributed by atoms with Crippen LogP contribution in [0.1, 0.15) is 47.4 Å². The summed E-state index contributed by atoms with van der Waals surface area (Å²) in [4.78, 5) is 16.7. The monoisotopic (exact) mass is 270 g/mol. The van der Waals surface area contributed by atoms with Crippen LogP contribution in [0.3, 0.4) is 0 Å². The second kappa shape index (κ2) is 5.07. The molecule has 0 unspecified atom stereocenters. The van der Waals surface area contributed by atoms with Gasteiger partial charge in [0.05, 0.1) is 5.69 Å².